The lowest BCUT2D eigenvalue weighted by molar-refractivity contribution is -0.129. The van der Waals surface area contributed by atoms with E-state index < -0.39 is 12.1 Å². The Morgan fingerprint density at radius 1 is 0.962 bits per heavy atom. The summed E-state index contributed by atoms with van der Waals surface area (Å²) in [7, 11) is 0. The number of carbonyl (C=O) groups excluding carboxylic acids is 2. The smallest absolute Gasteiger partial charge is 0.338 e. The Morgan fingerprint density at radius 2 is 1.62 bits per heavy atom. The summed E-state index contributed by atoms with van der Waals surface area (Å²) in [6.45, 7) is 5.92. The molecule has 138 valence electrons. The standard InChI is InChI=1S/C21H25NO4/c1-15(2)25-19-11-9-18(10-12-19)21(24)26-16(3)20(23)22-14-13-17-7-5-4-6-8-17/h4-12,15-16H,13-14H2,1-3H3,(H,22,23). The molecular weight excluding hydrogens is 330 g/mol. The van der Waals surface area contributed by atoms with Gasteiger partial charge in [0.15, 0.2) is 6.10 Å². The lowest BCUT2D eigenvalue weighted by Gasteiger charge is -2.14. The molecule has 0 bridgehead atoms. The first-order chi connectivity index (χ1) is 12.5. The minimum Gasteiger partial charge on any atom is -0.491 e. The van der Waals surface area contributed by atoms with Gasteiger partial charge >= 0.3 is 5.97 Å². The second-order valence-corrected chi connectivity index (χ2v) is 6.27. The highest BCUT2D eigenvalue weighted by molar-refractivity contribution is 5.92. The zero-order valence-corrected chi connectivity index (χ0v) is 15.4. The van der Waals surface area contributed by atoms with Gasteiger partial charge in [0, 0.05) is 6.54 Å². The number of carbonyl (C=O) groups is 2. The summed E-state index contributed by atoms with van der Waals surface area (Å²) in [5, 5.41) is 2.78. The molecule has 26 heavy (non-hydrogen) atoms. The van der Waals surface area contributed by atoms with E-state index in [-0.39, 0.29) is 12.0 Å². The molecule has 1 atom stereocenters. The predicted octanol–water partition coefficient (Wildman–Crippen LogP) is 3.38. The molecular formula is C21H25NO4. The Labute approximate surface area is 154 Å². The van der Waals surface area contributed by atoms with Crippen molar-refractivity contribution in [1.82, 2.24) is 5.32 Å². The normalized spacial score (nSPS) is 11.7. The van der Waals surface area contributed by atoms with Crippen molar-refractivity contribution in [1.29, 1.82) is 0 Å². The molecule has 0 saturated heterocycles. The van der Waals surface area contributed by atoms with Crippen LogP contribution >= 0.6 is 0 Å². The topological polar surface area (TPSA) is 64.6 Å². The summed E-state index contributed by atoms with van der Waals surface area (Å²) < 4.78 is 10.8. The fourth-order valence-electron chi connectivity index (χ4n) is 2.34. The van der Waals surface area contributed by atoms with Gasteiger partial charge in [-0.15, -0.1) is 0 Å². The third-order valence-electron chi connectivity index (χ3n) is 3.67. The van der Waals surface area contributed by atoms with Gasteiger partial charge in [0.25, 0.3) is 5.91 Å². The molecule has 5 nitrogen and oxygen atoms in total. The maximum Gasteiger partial charge on any atom is 0.338 e. The number of esters is 1. The van der Waals surface area contributed by atoms with E-state index >= 15 is 0 Å². The van der Waals surface area contributed by atoms with Gasteiger partial charge in [0.05, 0.1) is 11.7 Å². The van der Waals surface area contributed by atoms with Gasteiger partial charge in [0.2, 0.25) is 0 Å². The van der Waals surface area contributed by atoms with Gasteiger partial charge in [-0.3, -0.25) is 4.79 Å². The highest BCUT2D eigenvalue weighted by Crippen LogP contribution is 2.15. The van der Waals surface area contributed by atoms with Crippen molar-refractivity contribution in [3.05, 3.63) is 65.7 Å². The maximum absolute atomic E-state index is 12.1. The van der Waals surface area contributed by atoms with Crippen molar-refractivity contribution in [3.8, 4) is 5.75 Å². The summed E-state index contributed by atoms with van der Waals surface area (Å²) in [5.74, 6) is -0.163. The van der Waals surface area contributed by atoms with Crippen molar-refractivity contribution < 1.29 is 19.1 Å². The monoisotopic (exact) mass is 355 g/mol. The molecule has 0 radical (unpaired) electrons. The van der Waals surface area contributed by atoms with Crippen LogP contribution in [0.25, 0.3) is 0 Å². The number of nitrogens with one attached hydrogen (secondary N) is 1. The first-order valence-electron chi connectivity index (χ1n) is 8.75. The van der Waals surface area contributed by atoms with E-state index in [0.717, 1.165) is 12.0 Å². The van der Waals surface area contributed by atoms with Gasteiger partial charge in [-0.1, -0.05) is 30.3 Å². The number of benzene rings is 2. The molecule has 0 saturated carbocycles. The number of hydrogen-bond acceptors (Lipinski definition) is 4. The molecule has 0 aliphatic heterocycles. The molecule has 0 aliphatic carbocycles. The molecule has 2 rings (SSSR count). The van der Waals surface area contributed by atoms with Crippen LogP contribution in [0, 0.1) is 0 Å². The van der Waals surface area contributed by atoms with Crippen molar-refractivity contribution >= 4 is 11.9 Å². The second-order valence-electron chi connectivity index (χ2n) is 6.27. The Morgan fingerprint density at radius 3 is 2.23 bits per heavy atom. The third-order valence-corrected chi connectivity index (χ3v) is 3.67. The Hall–Kier alpha value is -2.82. The summed E-state index contributed by atoms with van der Waals surface area (Å²) >= 11 is 0. The maximum atomic E-state index is 12.1. The minimum absolute atomic E-state index is 0.0624. The quantitative estimate of drug-likeness (QED) is 0.737. The van der Waals surface area contributed by atoms with E-state index in [1.54, 1.807) is 31.2 Å². The molecule has 0 spiro atoms. The van der Waals surface area contributed by atoms with Crippen molar-refractivity contribution in [2.45, 2.75) is 39.4 Å². The van der Waals surface area contributed by atoms with E-state index in [0.29, 0.717) is 17.9 Å². The first-order valence-corrected chi connectivity index (χ1v) is 8.75. The summed E-state index contributed by atoms with van der Waals surface area (Å²) in [4.78, 5) is 24.2. The van der Waals surface area contributed by atoms with E-state index in [2.05, 4.69) is 5.32 Å². The molecule has 1 amide bonds. The van der Waals surface area contributed by atoms with Crippen LogP contribution in [-0.4, -0.2) is 30.6 Å². The Bertz CT molecular complexity index is 711. The minimum atomic E-state index is -0.857. The van der Waals surface area contributed by atoms with Gasteiger partial charge < -0.3 is 14.8 Å². The van der Waals surface area contributed by atoms with Gasteiger partial charge in [0.1, 0.15) is 5.75 Å². The van der Waals surface area contributed by atoms with Gasteiger partial charge in [-0.25, -0.2) is 4.79 Å². The molecule has 1 unspecified atom stereocenters. The third kappa shape index (κ3) is 6.24. The average molecular weight is 355 g/mol. The highest BCUT2D eigenvalue weighted by Gasteiger charge is 2.18. The number of rotatable bonds is 8. The largest absolute Gasteiger partial charge is 0.491 e. The second kappa shape index (κ2) is 9.61. The lowest BCUT2D eigenvalue weighted by atomic mass is 10.1. The molecule has 5 heteroatoms. The van der Waals surface area contributed by atoms with E-state index in [1.807, 2.05) is 44.2 Å². The Kier molecular flexibility index (Phi) is 7.21. The van der Waals surface area contributed by atoms with Crippen LogP contribution in [0.3, 0.4) is 0 Å². The SMILES string of the molecule is CC(C)Oc1ccc(C(=O)OC(C)C(=O)NCCc2ccccc2)cc1. The first kappa shape index (κ1) is 19.5. The predicted molar refractivity (Wildman–Crippen MR) is 100 cm³/mol. The molecule has 2 aromatic rings. The molecule has 0 aliphatic rings. The summed E-state index contributed by atoms with van der Waals surface area (Å²) in [6, 6.07) is 16.5. The van der Waals surface area contributed by atoms with E-state index in [1.165, 1.54) is 0 Å². The van der Waals surface area contributed by atoms with Crippen LogP contribution in [0.1, 0.15) is 36.7 Å². The van der Waals surface area contributed by atoms with Crippen LogP contribution in [0.15, 0.2) is 54.6 Å². The summed E-state index contributed by atoms with van der Waals surface area (Å²) in [6.07, 6.45) is -0.0674. The number of hydrogen-bond donors (Lipinski definition) is 1. The van der Waals surface area contributed by atoms with Crippen molar-refractivity contribution in [3.63, 3.8) is 0 Å². The van der Waals surface area contributed by atoms with E-state index in [4.69, 9.17) is 9.47 Å². The fraction of sp³-hybridized carbons (Fsp3) is 0.333. The number of ether oxygens (including phenoxy) is 2. The van der Waals surface area contributed by atoms with Gasteiger partial charge in [-0.05, 0) is 57.0 Å². The summed E-state index contributed by atoms with van der Waals surface area (Å²) in [5.41, 5.74) is 1.52. The Balaban J connectivity index is 1.79. The fourth-order valence-corrected chi connectivity index (χ4v) is 2.34. The van der Waals surface area contributed by atoms with Crippen LogP contribution in [-0.2, 0) is 16.0 Å². The van der Waals surface area contributed by atoms with E-state index in [9.17, 15) is 9.59 Å². The zero-order valence-electron chi connectivity index (χ0n) is 15.4. The average Bonchev–Trinajstić information content (AvgIpc) is 2.62. The van der Waals surface area contributed by atoms with Crippen molar-refractivity contribution in [2.24, 2.45) is 0 Å². The lowest BCUT2D eigenvalue weighted by Crippen LogP contribution is -2.36. The van der Waals surface area contributed by atoms with Gasteiger partial charge in [-0.2, -0.15) is 0 Å². The van der Waals surface area contributed by atoms with Crippen LogP contribution in [0.2, 0.25) is 0 Å². The van der Waals surface area contributed by atoms with Crippen LogP contribution < -0.4 is 10.1 Å². The molecule has 0 heterocycles. The van der Waals surface area contributed by atoms with Crippen LogP contribution in [0.4, 0.5) is 0 Å². The van der Waals surface area contributed by atoms with Crippen LogP contribution in [0.5, 0.6) is 5.75 Å². The highest BCUT2D eigenvalue weighted by atomic mass is 16.5. The molecule has 0 aromatic heterocycles. The molecule has 0 fully saturated rings. The zero-order chi connectivity index (χ0) is 18.9. The number of amides is 1. The molecule has 2 aromatic carbocycles. The molecule has 1 N–H and O–H groups in total. The van der Waals surface area contributed by atoms with Crippen molar-refractivity contribution in [2.75, 3.05) is 6.54 Å².